The van der Waals surface area contributed by atoms with Crippen LogP contribution >= 0.6 is 0 Å². The number of aliphatic hydroxyl groups excluding tert-OH is 2. The molecule has 1 rings (SSSR count). The topological polar surface area (TPSA) is 93.1 Å². The lowest BCUT2D eigenvalue weighted by molar-refractivity contribution is -0.0394. The van der Waals surface area contributed by atoms with Gasteiger partial charge in [-0.2, -0.15) is 0 Å². The van der Waals surface area contributed by atoms with Crippen molar-refractivity contribution in [2.75, 3.05) is 19.5 Å². The van der Waals surface area contributed by atoms with Gasteiger partial charge in [-0.05, 0) is 6.42 Å². The molecule has 1 aliphatic rings. The highest BCUT2D eigenvalue weighted by molar-refractivity contribution is 7.72. The molecule has 0 unspecified atom stereocenters. The Bertz CT molecular complexity index is 348. The Morgan fingerprint density at radius 2 is 2.16 bits per heavy atom. The van der Waals surface area contributed by atoms with E-state index in [1.807, 2.05) is 0 Å². The van der Waals surface area contributed by atoms with E-state index in [-0.39, 0.29) is 30.8 Å². The summed E-state index contributed by atoms with van der Waals surface area (Å²) < 4.78 is 33.0. The van der Waals surface area contributed by atoms with Gasteiger partial charge in [-0.15, -0.1) is 6.58 Å². The quantitative estimate of drug-likeness (QED) is 0.405. The number of hydrogen-bond acceptors (Lipinski definition) is 6. The molecule has 1 heterocycles. The van der Waals surface area contributed by atoms with Gasteiger partial charge in [0.15, 0.2) is 0 Å². The second-order valence-electron chi connectivity index (χ2n) is 4.69. The van der Waals surface area contributed by atoms with Crippen molar-refractivity contribution in [2.24, 2.45) is 5.92 Å². The van der Waals surface area contributed by atoms with Crippen LogP contribution in [0.5, 0.6) is 0 Å². The largest absolute Gasteiger partial charge is 0.394 e. The molecule has 6 nitrogen and oxygen atoms in total. The number of methoxy groups -OCH3 is 1. The van der Waals surface area contributed by atoms with Crippen molar-refractivity contribution in [1.29, 1.82) is 0 Å². The third-order valence-corrected chi connectivity index (χ3v) is 4.08. The molecule has 19 heavy (non-hydrogen) atoms. The molecule has 0 aromatic rings. The zero-order valence-corrected chi connectivity index (χ0v) is 11.9. The molecule has 1 aliphatic heterocycles. The summed E-state index contributed by atoms with van der Waals surface area (Å²) in [6, 6.07) is 0. The van der Waals surface area contributed by atoms with Crippen molar-refractivity contribution in [3.05, 3.63) is 12.7 Å². The Labute approximate surface area is 115 Å². The van der Waals surface area contributed by atoms with Gasteiger partial charge in [0.05, 0.1) is 36.8 Å². The van der Waals surface area contributed by atoms with E-state index in [0.29, 0.717) is 6.42 Å². The van der Waals surface area contributed by atoms with Crippen LogP contribution in [0.15, 0.2) is 12.7 Å². The number of rotatable bonds is 8. The maximum Gasteiger partial charge on any atom is 0.140 e. The summed E-state index contributed by atoms with van der Waals surface area (Å²) in [4.78, 5) is 0. The zero-order chi connectivity index (χ0) is 14.4. The molecule has 0 spiro atoms. The Morgan fingerprint density at radius 1 is 1.47 bits per heavy atom. The summed E-state index contributed by atoms with van der Waals surface area (Å²) in [5.74, 6) is -0.294. The highest BCUT2D eigenvalue weighted by atomic mass is 32.2. The first-order chi connectivity index (χ1) is 9.03. The Balaban J connectivity index is 2.81. The van der Waals surface area contributed by atoms with Gasteiger partial charge in [0.1, 0.15) is 10.7 Å². The molecule has 7 heteroatoms. The Hall–Kier alpha value is -0.470. The minimum Gasteiger partial charge on any atom is -0.394 e. The molecule has 0 bridgehead atoms. The standard InChI is InChI=1S/C12H22O6S/c1-3-4-10-9(7-19(15)16)12(17-2)11(18-10)5-8(14)6-13/h3,8-14,19H,1,4-7H2,2H3/t8-,9-,10-,11+,12+/m0/s1. The molecular formula is C12H22O6S. The first kappa shape index (κ1) is 16.6. The van der Waals surface area contributed by atoms with Crippen molar-refractivity contribution in [3.8, 4) is 0 Å². The van der Waals surface area contributed by atoms with E-state index in [4.69, 9.17) is 14.6 Å². The first-order valence-corrected chi connectivity index (χ1v) is 7.59. The lowest BCUT2D eigenvalue weighted by Gasteiger charge is -2.22. The van der Waals surface area contributed by atoms with E-state index in [1.165, 1.54) is 7.11 Å². The van der Waals surface area contributed by atoms with Gasteiger partial charge >= 0.3 is 0 Å². The fourth-order valence-corrected chi connectivity index (χ4v) is 3.32. The first-order valence-electron chi connectivity index (χ1n) is 6.23. The third-order valence-electron chi connectivity index (χ3n) is 3.36. The summed E-state index contributed by atoms with van der Waals surface area (Å²) in [6.45, 7) is 3.27. The number of ether oxygens (including phenoxy) is 2. The maximum absolute atomic E-state index is 11.0. The van der Waals surface area contributed by atoms with Gasteiger partial charge in [-0.3, -0.25) is 0 Å². The maximum atomic E-state index is 11.0. The molecule has 0 amide bonds. The van der Waals surface area contributed by atoms with E-state index in [1.54, 1.807) is 6.08 Å². The second kappa shape index (κ2) is 7.96. The Morgan fingerprint density at radius 3 is 2.63 bits per heavy atom. The van der Waals surface area contributed by atoms with Crippen LogP contribution in [0.1, 0.15) is 12.8 Å². The highest BCUT2D eigenvalue weighted by Crippen LogP contribution is 2.33. The van der Waals surface area contributed by atoms with Gasteiger partial charge < -0.3 is 19.7 Å². The van der Waals surface area contributed by atoms with E-state index >= 15 is 0 Å². The monoisotopic (exact) mass is 294 g/mol. The van der Waals surface area contributed by atoms with Gasteiger partial charge in [-0.25, -0.2) is 8.42 Å². The fourth-order valence-electron chi connectivity index (χ4n) is 2.54. The SMILES string of the molecule is C=CC[C@@H]1O[C@H](C[C@H](O)CO)[C@H](OC)[C@H]1C[SH](=O)=O. The predicted molar refractivity (Wildman–Crippen MR) is 70.7 cm³/mol. The predicted octanol–water partition coefficient (Wildman–Crippen LogP) is -0.684. The lowest BCUT2D eigenvalue weighted by atomic mass is 9.94. The van der Waals surface area contributed by atoms with Crippen LogP contribution < -0.4 is 0 Å². The average molecular weight is 294 g/mol. The van der Waals surface area contributed by atoms with E-state index in [2.05, 4.69) is 6.58 Å². The molecule has 5 atom stereocenters. The fraction of sp³-hybridized carbons (Fsp3) is 0.833. The highest BCUT2D eigenvalue weighted by Gasteiger charge is 2.44. The van der Waals surface area contributed by atoms with Gasteiger partial charge in [0, 0.05) is 19.4 Å². The molecule has 112 valence electrons. The molecule has 1 saturated heterocycles. The second-order valence-corrected chi connectivity index (χ2v) is 5.72. The molecule has 1 fully saturated rings. The van der Waals surface area contributed by atoms with Crippen molar-refractivity contribution in [2.45, 2.75) is 37.3 Å². The van der Waals surface area contributed by atoms with Gasteiger partial charge in [0.25, 0.3) is 0 Å². The van der Waals surface area contributed by atoms with Crippen LogP contribution in [0.25, 0.3) is 0 Å². The van der Waals surface area contributed by atoms with E-state index < -0.39 is 29.0 Å². The summed E-state index contributed by atoms with van der Waals surface area (Å²) in [7, 11) is -1.04. The van der Waals surface area contributed by atoms with Crippen LogP contribution in [-0.4, -0.2) is 62.5 Å². The molecule has 2 N–H and O–H groups in total. The summed E-state index contributed by atoms with van der Waals surface area (Å²) >= 11 is 0. The molecule has 0 aromatic carbocycles. The van der Waals surface area contributed by atoms with Crippen molar-refractivity contribution in [1.82, 2.24) is 0 Å². The van der Waals surface area contributed by atoms with Gasteiger partial charge in [0.2, 0.25) is 0 Å². The van der Waals surface area contributed by atoms with Gasteiger partial charge in [-0.1, -0.05) is 6.08 Å². The van der Waals surface area contributed by atoms with Crippen molar-refractivity contribution in [3.63, 3.8) is 0 Å². The van der Waals surface area contributed by atoms with E-state index in [0.717, 1.165) is 0 Å². The van der Waals surface area contributed by atoms with Crippen molar-refractivity contribution < 1.29 is 28.1 Å². The molecule has 0 aromatic heterocycles. The summed E-state index contributed by atoms with van der Waals surface area (Å²) in [5, 5.41) is 18.4. The lowest BCUT2D eigenvalue weighted by Crippen LogP contribution is -2.35. The minimum atomic E-state index is -2.53. The third kappa shape index (κ3) is 4.54. The van der Waals surface area contributed by atoms with E-state index in [9.17, 15) is 13.5 Å². The number of thiol groups is 1. The molecule has 0 radical (unpaired) electrons. The number of hydrogen-bond donors (Lipinski definition) is 3. The van der Waals surface area contributed by atoms with Crippen LogP contribution in [0.3, 0.4) is 0 Å². The minimum absolute atomic E-state index is 0.0158. The number of aliphatic hydroxyl groups is 2. The Kier molecular flexibility index (Phi) is 6.95. The normalized spacial score (nSPS) is 32.6. The summed E-state index contributed by atoms with van der Waals surface area (Å²) in [6.07, 6.45) is 0.413. The average Bonchev–Trinajstić information content (AvgIpc) is 2.66. The van der Waals surface area contributed by atoms with Crippen LogP contribution in [0.4, 0.5) is 0 Å². The zero-order valence-electron chi connectivity index (χ0n) is 11.0. The summed E-state index contributed by atoms with van der Waals surface area (Å²) in [5.41, 5.74) is 0. The van der Waals surface area contributed by atoms with Crippen LogP contribution in [0, 0.1) is 5.92 Å². The molecule has 0 aliphatic carbocycles. The van der Waals surface area contributed by atoms with Crippen molar-refractivity contribution >= 4 is 10.7 Å². The van der Waals surface area contributed by atoms with Crippen LogP contribution in [0.2, 0.25) is 0 Å². The van der Waals surface area contributed by atoms with Crippen LogP contribution in [-0.2, 0) is 20.2 Å². The molecular weight excluding hydrogens is 272 g/mol. The smallest absolute Gasteiger partial charge is 0.140 e. The molecule has 0 saturated carbocycles.